The lowest BCUT2D eigenvalue weighted by Crippen LogP contribution is -3.00. The topological polar surface area (TPSA) is 23.5 Å². The predicted octanol–water partition coefficient (Wildman–Crippen LogP) is 9.57. The van der Waals surface area contributed by atoms with E-state index in [0.717, 1.165) is 65.4 Å². The van der Waals surface area contributed by atoms with Gasteiger partial charge in [0, 0.05) is 29.3 Å². The summed E-state index contributed by atoms with van der Waals surface area (Å²) in [6.45, 7) is 10.7. The Morgan fingerprint density at radius 2 is 0.926 bits per heavy atom. The summed E-state index contributed by atoms with van der Waals surface area (Å²) in [5.74, 6) is 3.54. The predicted molar refractivity (Wildman–Crippen MR) is 265 cm³/mol. The summed E-state index contributed by atoms with van der Waals surface area (Å²) in [7, 11) is -3.23. The Labute approximate surface area is 397 Å². The first-order valence-corrected chi connectivity index (χ1v) is 22.0. The molecular formula is C55H57B2F8NO2. The molecule has 0 unspecified atom stereocenters. The third-order valence-electron chi connectivity index (χ3n) is 10.5. The minimum Gasteiger partial charge on any atom is -1.00 e. The number of nitrogens with zero attached hydrogens (tertiary/aromatic N) is 1. The summed E-state index contributed by atoms with van der Waals surface area (Å²) >= 11 is 0. The highest BCUT2D eigenvalue weighted by Gasteiger charge is 2.17. The highest BCUT2D eigenvalue weighted by atomic mass is 19.4. The Morgan fingerprint density at radius 3 is 1.37 bits per heavy atom. The summed E-state index contributed by atoms with van der Waals surface area (Å²) < 4.78 is 72.4. The van der Waals surface area contributed by atoms with E-state index in [9.17, 15) is 25.9 Å². The molecule has 0 saturated carbocycles. The molecule has 0 atom stereocenters. The molecule has 356 valence electrons. The summed E-state index contributed by atoms with van der Waals surface area (Å²) in [6.07, 6.45) is 25.2. The van der Waals surface area contributed by atoms with Gasteiger partial charge in [-0.15, -0.1) is 0 Å². The maximum absolute atomic E-state index is 9.67. The fourth-order valence-corrected chi connectivity index (χ4v) is 6.73. The van der Waals surface area contributed by atoms with Crippen LogP contribution in [0.25, 0.3) is 33.8 Å². The second-order valence-electron chi connectivity index (χ2n) is 15.3. The minimum atomic E-state index is -3.67. The second kappa shape index (κ2) is 29.8. The maximum atomic E-state index is 9.67. The number of aryl methyl sites for hydroxylation is 5. The average molecular weight is 938 g/mol. The fraction of sp³-hybridized carbons (Fsp3) is 0.200. The molecule has 0 amide bonds. The highest BCUT2D eigenvalue weighted by molar-refractivity contribution is 6.33. The van der Waals surface area contributed by atoms with Crippen LogP contribution in [0, 0.1) is 6.92 Å². The molecule has 4 aromatic carbocycles. The van der Waals surface area contributed by atoms with Gasteiger partial charge in [-0.05, 0) is 113 Å². The van der Waals surface area contributed by atoms with Gasteiger partial charge in [-0.2, -0.15) is 0 Å². The Morgan fingerprint density at radius 1 is 0.515 bits per heavy atom. The number of allylic oxidation sites excluding steroid dienone is 12. The molecule has 1 aromatic heterocycles. The number of benzene rings is 4. The van der Waals surface area contributed by atoms with Crippen molar-refractivity contribution in [1.29, 1.82) is 0 Å². The van der Waals surface area contributed by atoms with Gasteiger partial charge < -0.3 is 14.1 Å². The van der Waals surface area contributed by atoms with E-state index < -0.39 is 15.1 Å². The van der Waals surface area contributed by atoms with E-state index in [2.05, 4.69) is 204 Å². The SMILES string of the molecule is CCc1ccc(-c2cc(C)[o+]c(-c3ccc(CC)cc3)c2)cc1.CCc1ccc(C2=CC(=CC=CC=C3C=CC(=[N+](C)C)C=C3)OC(c3ccc(CC)cc3)=C2)cc1.FB(F)F.FB(F)F.[F-].[F-]. The number of ether oxygens (including phenoxy) is 1. The Kier molecular flexibility index (Phi) is 25.1. The monoisotopic (exact) mass is 937 g/mol. The fourth-order valence-electron chi connectivity index (χ4n) is 6.73. The molecule has 0 N–H and O–H groups in total. The number of hydrogen-bond acceptors (Lipinski definition) is 1. The van der Waals surface area contributed by atoms with E-state index >= 15 is 0 Å². The standard InChI is InChI=1S/C33H34NO.C22H23O.2BF3.2FH/c1-5-25-11-17-28(18-12-25)30-23-32(35-33(24-30)29-19-13-26(6-2)14-20-29)10-8-7-9-27-15-21-31(22-16-27)34(3)4;1-4-17-6-10-19(11-7-17)21-14-16(3)23-22(15-21)20-12-8-18(5-2)9-13-20;2*2-1(3)4;;/h7-24H,5-6H2,1-4H3;6-15H,4-5H2,1-3H3;;;2*1H/q2*+1;;;;/p-2. The molecule has 0 spiro atoms. The van der Waals surface area contributed by atoms with Crippen molar-refractivity contribution in [3.8, 4) is 22.5 Å². The van der Waals surface area contributed by atoms with Crippen LogP contribution in [0.3, 0.4) is 0 Å². The van der Waals surface area contributed by atoms with Crippen molar-refractivity contribution in [2.45, 2.75) is 60.3 Å². The lowest BCUT2D eigenvalue weighted by atomic mass is 9.98. The van der Waals surface area contributed by atoms with E-state index in [1.165, 1.54) is 50.2 Å². The smallest absolute Gasteiger partial charge is 0.762 e. The average Bonchev–Trinajstić information content (AvgIpc) is 3.32. The van der Waals surface area contributed by atoms with Crippen molar-refractivity contribution < 1.29 is 49.0 Å². The third kappa shape index (κ3) is 19.2. The molecule has 13 heteroatoms. The van der Waals surface area contributed by atoms with Crippen molar-refractivity contribution in [2.75, 3.05) is 14.1 Å². The van der Waals surface area contributed by atoms with Gasteiger partial charge in [-0.3, -0.25) is 25.9 Å². The van der Waals surface area contributed by atoms with Crippen LogP contribution >= 0.6 is 0 Å². The summed E-state index contributed by atoms with van der Waals surface area (Å²) in [5, 5.41) is 0. The molecule has 68 heavy (non-hydrogen) atoms. The first kappa shape index (κ1) is 57.4. The lowest BCUT2D eigenvalue weighted by molar-refractivity contribution is -0.462. The zero-order chi connectivity index (χ0) is 48.0. The van der Waals surface area contributed by atoms with E-state index in [1.807, 2.05) is 19.1 Å². The van der Waals surface area contributed by atoms with Gasteiger partial charge in [0.15, 0.2) is 5.71 Å². The van der Waals surface area contributed by atoms with Crippen molar-refractivity contribution in [3.05, 3.63) is 220 Å². The van der Waals surface area contributed by atoms with E-state index in [-0.39, 0.29) is 9.41 Å². The van der Waals surface area contributed by atoms with E-state index in [1.54, 1.807) is 0 Å². The van der Waals surface area contributed by atoms with Crippen molar-refractivity contribution >= 4 is 32.1 Å². The van der Waals surface area contributed by atoms with Gasteiger partial charge in [0.05, 0.1) is 18.6 Å². The molecule has 7 rings (SSSR count). The van der Waals surface area contributed by atoms with Crippen molar-refractivity contribution in [1.82, 2.24) is 0 Å². The Hall–Kier alpha value is -6.75. The zero-order valence-corrected chi connectivity index (χ0v) is 39.4. The van der Waals surface area contributed by atoms with Crippen LogP contribution in [0.1, 0.15) is 66.8 Å². The van der Waals surface area contributed by atoms with Gasteiger partial charge in [0.1, 0.15) is 25.6 Å². The van der Waals surface area contributed by atoms with Gasteiger partial charge >= 0.3 is 26.6 Å². The van der Waals surface area contributed by atoms with E-state index in [4.69, 9.17) is 9.15 Å². The summed E-state index contributed by atoms with van der Waals surface area (Å²) in [4.78, 5) is 0. The van der Waals surface area contributed by atoms with Crippen LogP contribution in [0.2, 0.25) is 0 Å². The van der Waals surface area contributed by atoms with Crippen LogP contribution in [0.4, 0.5) is 25.9 Å². The molecule has 3 nitrogen and oxygen atoms in total. The molecule has 0 saturated heterocycles. The quantitative estimate of drug-likeness (QED) is 0.0604. The first-order valence-electron chi connectivity index (χ1n) is 22.0. The van der Waals surface area contributed by atoms with Gasteiger partial charge in [-0.25, -0.2) is 8.99 Å². The normalized spacial score (nSPS) is 12.9. The molecule has 2 heterocycles. The molecule has 1 aliphatic heterocycles. The van der Waals surface area contributed by atoms with Crippen molar-refractivity contribution in [2.24, 2.45) is 0 Å². The third-order valence-corrected chi connectivity index (χ3v) is 10.5. The Bertz CT molecular complexity index is 2480. The number of halogens is 8. The molecule has 5 aromatic rings. The van der Waals surface area contributed by atoms with Crippen LogP contribution in [-0.2, 0) is 30.4 Å². The number of hydrogen-bond donors (Lipinski definition) is 0. The zero-order valence-electron chi connectivity index (χ0n) is 39.4. The molecular weight excluding hydrogens is 880 g/mol. The Balaban J connectivity index is 0.000000414. The molecule has 0 radical (unpaired) electrons. The second-order valence-corrected chi connectivity index (χ2v) is 15.3. The van der Waals surface area contributed by atoms with E-state index in [0.29, 0.717) is 0 Å². The number of rotatable bonds is 10. The van der Waals surface area contributed by atoms with Gasteiger partial charge in [0.2, 0.25) is 0 Å². The van der Waals surface area contributed by atoms with Crippen LogP contribution in [0.15, 0.2) is 186 Å². The van der Waals surface area contributed by atoms with Gasteiger partial charge in [-0.1, -0.05) is 131 Å². The van der Waals surface area contributed by atoms with Crippen LogP contribution in [-0.4, -0.2) is 39.5 Å². The lowest BCUT2D eigenvalue weighted by Gasteiger charge is -2.18. The van der Waals surface area contributed by atoms with Gasteiger partial charge in [0.25, 0.3) is 0 Å². The highest BCUT2D eigenvalue weighted by Crippen LogP contribution is 2.33. The first-order chi connectivity index (χ1) is 31.7. The largest absolute Gasteiger partial charge is 1.00 e. The molecule has 0 fully saturated rings. The summed E-state index contributed by atoms with van der Waals surface area (Å²) in [6, 6.07) is 39.1. The molecule has 2 aliphatic rings. The molecule has 1 aliphatic carbocycles. The van der Waals surface area contributed by atoms with Crippen LogP contribution < -0.4 is 9.41 Å². The van der Waals surface area contributed by atoms with Crippen LogP contribution in [0.5, 0.6) is 0 Å². The van der Waals surface area contributed by atoms with Crippen molar-refractivity contribution in [3.63, 3.8) is 0 Å². The summed E-state index contributed by atoms with van der Waals surface area (Å²) in [5.41, 5.74) is 14.7. The minimum absolute atomic E-state index is 0. The molecule has 0 bridgehead atoms. The maximum Gasteiger partial charge on any atom is 0.762 e.